The molecular formula is C11H14BrFO2. The minimum absolute atomic E-state index is 0.0549. The summed E-state index contributed by atoms with van der Waals surface area (Å²) in [6.07, 6.45) is -0.0549. The lowest BCUT2D eigenvalue weighted by Crippen LogP contribution is -2.10. The van der Waals surface area contributed by atoms with Gasteiger partial charge in [0.1, 0.15) is 5.82 Å². The van der Waals surface area contributed by atoms with E-state index in [4.69, 9.17) is 9.47 Å². The van der Waals surface area contributed by atoms with Crippen molar-refractivity contribution in [1.82, 2.24) is 0 Å². The minimum atomic E-state index is -0.232. The van der Waals surface area contributed by atoms with Gasteiger partial charge in [0.25, 0.3) is 0 Å². The first-order valence-corrected chi connectivity index (χ1v) is 5.82. The third-order valence-corrected chi connectivity index (χ3v) is 2.58. The fraction of sp³-hybridized carbons (Fsp3) is 0.455. The standard InChI is InChI=1S/C11H14BrFO2/c1-14-6-7-15-11(8-12)9-2-4-10(13)5-3-9/h2-5,11H,6-8H2,1H3. The molecule has 0 aromatic heterocycles. The molecule has 0 aliphatic heterocycles. The highest BCUT2D eigenvalue weighted by Crippen LogP contribution is 2.19. The Hall–Kier alpha value is -0.450. The first-order chi connectivity index (χ1) is 7.27. The molecule has 0 amide bonds. The molecule has 0 saturated carbocycles. The number of benzene rings is 1. The maximum Gasteiger partial charge on any atom is 0.123 e. The Morgan fingerprint density at radius 3 is 2.47 bits per heavy atom. The van der Waals surface area contributed by atoms with Crippen LogP contribution in [-0.4, -0.2) is 25.7 Å². The molecular weight excluding hydrogens is 263 g/mol. The summed E-state index contributed by atoms with van der Waals surface area (Å²) in [5.41, 5.74) is 0.962. The highest BCUT2D eigenvalue weighted by Gasteiger charge is 2.09. The zero-order chi connectivity index (χ0) is 11.1. The van der Waals surface area contributed by atoms with Crippen molar-refractivity contribution in [3.05, 3.63) is 35.6 Å². The predicted molar refractivity (Wildman–Crippen MR) is 60.8 cm³/mol. The van der Waals surface area contributed by atoms with E-state index in [9.17, 15) is 4.39 Å². The van der Waals surface area contributed by atoms with Crippen LogP contribution in [0.3, 0.4) is 0 Å². The second-order valence-corrected chi connectivity index (χ2v) is 3.71. The fourth-order valence-corrected chi connectivity index (χ4v) is 1.74. The second-order valence-electron chi connectivity index (χ2n) is 3.06. The number of ether oxygens (including phenoxy) is 2. The molecule has 0 heterocycles. The van der Waals surface area contributed by atoms with E-state index in [1.165, 1.54) is 12.1 Å². The van der Waals surface area contributed by atoms with Crippen LogP contribution in [-0.2, 0) is 9.47 Å². The Balaban J connectivity index is 2.53. The van der Waals surface area contributed by atoms with Gasteiger partial charge in [-0.05, 0) is 17.7 Å². The number of alkyl halides is 1. The maximum absolute atomic E-state index is 12.7. The third kappa shape index (κ3) is 4.28. The Labute approximate surface area is 97.5 Å². The number of hydrogen-bond donors (Lipinski definition) is 0. The number of methoxy groups -OCH3 is 1. The van der Waals surface area contributed by atoms with Gasteiger partial charge in [0.2, 0.25) is 0 Å². The van der Waals surface area contributed by atoms with Gasteiger partial charge in [0.15, 0.2) is 0 Å². The SMILES string of the molecule is COCCOC(CBr)c1ccc(F)cc1. The number of hydrogen-bond acceptors (Lipinski definition) is 2. The molecule has 15 heavy (non-hydrogen) atoms. The molecule has 0 fully saturated rings. The molecule has 1 aromatic rings. The Morgan fingerprint density at radius 2 is 1.93 bits per heavy atom. The van der Waals surface area contributed by atoms with E-state index < -0.39 is 0 Å². The summed E-state index contributed by atoms with van der Waals surface area (Å²) in [5.74, 6) is -0.232. The van der Waals surface area contributed by atoms with E-state index in [2.05, 4.69) is 15.9 Å². The van der Waals surface area contributed by atoms with Crippen molar-refractivity contribution >= 4 is 15.9 Å². The Kier molecular flexibility index (Phi) is 5.83. The van der Waals surface area contributed by atoms with Crippen LogP contribution in [0.5, 0.6) is 0 Å². The number of halogens is 2. The zero-order valence-corrected chi connectivity index (χ0v) is 10.2. The van der Waals surface area contributed by atoms with Crippen LogP contribution in [0.2, 0.25) is 0 Å². The molecule has 0 spiro atoms. The van der Waals surface area contributed by atoms with Crippen LogP contribution >= 0.6 is 15.9 Å². The van der Waals surface area contributed by atoms with Crippen LogP contribution in [0.15, 0.2) is 24.3 Å². The minimum Gasteiger partial charge on any atom is -0.382 e. The van der Waals surface area contributed by atoms with E-state index in [1.807, 2.05) is 0 Å². The lowest BCUT2D eigenvalue weighted by molar-refractivity contribution is 0.0284. The average Bonchev–Trinajstić information content (AvgIpc) is 2.26. The summed E-state index contributed by atoms with van der Waals surface area (Å²) >= 11 is 3.36. The van der Waals surface area contributed by atoms with Gasteiger partial charge in [-0.3, -0.25) is 0 Å². The lowest BCUT2D eigenvalue weighted by atomic mass is 10.1. The molecule has 0 N–H and O–H groups in total. The van der Waals surface area contributed by atoms with Crippen LogP contribution in [0.1, 0.15) is 11.7 Å². The van der Waals surface area contributed by atoms with Crippen molar-refractivity contribution in [3.8, 4) is 0 Å². The maximum atomic E-state index is 12.7. The van der Waals surface area contributed by atoms with E-state index >= 15 is 0 Å². The molecule has 2 nitrogen and oxygen atoms in total. The zero-order valence-electron chi connectivity index (χ0n) is 8.58. The van der Waals surface area contributed by atoms with Crippen LogP contribution in [0.25, 0.3) is 0 Å². The molecule has 0 aliphatic carbocycles. The lowest BCUT2D eigenvalue weighted by Gasteiger charge is -2.15. The van der Waals surface area contributed by atoms with Crippen molar-refractivity contribution in [2.45, 2.75) is 6.10 Å². The molecule has 1 atom stereocenters. The van der Waals surface area contributed by atoms with Crippen LogP contribution in [0, 0.1) is 5.82 Å². The van der Waals surface area contributed by atoms with Gasteiger partial charge in [-0.1, -0.05) is 28.1 Å². The fourth-order valence-electron chi connectivity index (χ4n) is 1.18. The first kappa shape index (κ1) is 12.6. The summed E-state index contributed by atoms with van der Waals surface area (Å²) in [6.45, 7) is 1.09. The van der Waals surface area contributed by atoms with Crippen molar-refractivity contribution in [3.63, 3.8) is 0 Å². The Morgan fingerprint density at radius 1 is 1.27 bits per heavy atom. The molecule has 1 aromatic carbocycles. The average molecular weight is 277 g/mol. The van der Waals surface area contributed by atoms with Crippen molar-refractivity contribution < 1.29 is 13.9 Å². The smallest absolute Gasteiger partial charge is 0.123 e. The summed E-state index contributed by atoms with van der Waals surface area (Å²) in [7, 11) is 1.63. The van der Waals surface area contributed by atoms with Crippen molar-refractivity contribution in [2.75, 3.05) is 25.7 Å². The van der Waals surface area contributed by atoms with E-state index in [-0.39, 0.29) is 11.9 Å². The summed E-state index contributed by atoms with van der Waals surface area (Å²) in [6, 6.07) is 6.33. The predicted octanol–water partition coefficient (Wildman–Crippen LogP) is 2.92. The van der Waals surface area contributed by atoms with Crippen LogP contribution < -0.4 is 0 Å². The van der Waals surface area contributed by atoms with E-state index in [0.29, 0.717) is 18.5 Å². The van der Waals surface area contributed by atoms with Crippen molar-refractivity contribution in [2.24, 2.45) is 0 Å². The van der Waals surface area contributed by atoms with Gasteiger partial charge in [0.05, 0.1) is 19.3 Å². The van der Waals surface area contributed by atoms with Crippen molar-refractivity contribution in [1.29, 1.82) is 0 Å². The van der Waals surface area contributed by atoms with E-state index in [0.717, 1.165) is 5.56 Å². The van der Waals surface area contributed by atoms with Gasteiger partial charge < -0.3 is 9.47 Å². The molecule has 4 heteroatoms. The Bertz CT molecular complexity index is 276. The molecule has 0 aliphatic rings. The van der Waals surface area contributed by atoms with Gasteiger partial charge in [0, 0.05) is 12.4 Å². The highest BCUT2D eigenvalue weighted by molar-refractivity contribution is 9.09. The third-order valence-electron chi connectivity index (χ3n) is 1.99. The van der Waals surface area contributed by atoms with Gasteiger partial charge in [-0.2, -0.15) is 0 Å². The van der Waals surface area contributed by atoms with Gasteiger partial charge in [-0.15, -0.1) is 0 Å². The molecule has 0 radical (unpaired) electrons. The monoisotopic (exact) mass is 276 g/mol. The molecule has 0 saturated heterocycles. The topological polar surface area (TPSA) is 18.5 Å². The quantitative estimate of drug-likeness (QED) is 0.588. The second kappa shape index (κ2) is 6.93. The molecule has 1 rings (SSSR count). The number of rotatable bonds is 6. The normalized spacial score (nSPS) is 12.7. The first-order valence-electron chi connectivity index (χ1n) is 4.70. The van der Waals surface area contributed by atoms with Gasteiger partial charge in [-0.25, -0.2) is 4.39 Å². The molecule has 84 valence electrons. The van der Waals surface area contributed by atoms with Gasteiger partial charge >= 0.3 is 0 Å². The highest BCUT2D eigenvalue weighted by atomic mass is 79.9. The van der Waals surface area contributed by atoms with Crippen LogP contribution in [0.4, 0.5) is 4.39 Å². The summed E-state index contributed by atoms with van der Waals surface area (Å²) in [5, 5.41) is 0.683. The summed E-state index contributed by atoms with van der Waals surface area (Å²) in [4.78, 5) is 0. The molecule has 1 unspecified atom stereocenters. The van der Waals surface area contributed by atoms with E-state index in [1.54, 1.807) is 19.2 Å². The molecule has 0 bridgehead atoms. The summed E-state index contributed by atoms with van der Waals surface area (Å²) < 4.78 is 23.1. The largest absolute Gasteiger partial charge is 0.382 e.